The third-order valence-electron chi connectivity index (χ3n) is 4.26. The zero-order valence-electron chi connectivity index (χ0n) is 14.2. The maximum atomic E-state index is 12.7. The van der Waals surface area contributed by atoms with Crippen molar-refractivity contribution in [2.45, 2.75) is 31.9 Å². The van der Waals surface area contributed by atoms with E-state index in [9.17, 15) is 4.79 Å². The highest BCUT2D eigenvalue weighted by atomic mass is 32.2. The van der Waals surface area contributed by atoms with Crippen LogP contribution in [0.25, 0.3) is 0 Å². The standard InChI is InChI=1S/C18H26N2O3S/c1-2-8-20(18(21)10-14-13-24-9-7-19-14)11-15-12-22-16-5-3-4-6-17(16)23-15/h3-6,14-15,19H,2,7-13H2,1H3. The van der Waals surface area contributed by atoms with Gasteiger partial charge < -0.3 is 19.7 Å². The van der Waals surface area contributed by atoms with Crippen LogP contribution in [0.1, 0.15) is 19.8 Å². The van der Waals surface area contributed by atoms with Crippen LogP contribution in [0.5, 0.6) is 11.5 Å². The first-order chi connectivity index (χ1) is 11.8. The summed E-state index contributed by atoms with van der Waals surface area (Å²) in [7, 11) is 0. The fraction of sp³-hybridized carbons (Fsp3) is 0.611. The fourth-order valence-electron chi connectivity index (χ4n) is 3.08. The second-order valence-electron chi connectivity index (χ2n) is 6.27. The topological polar surface area (TPSA) is 50.8 Å². The Labute approximate surface area is 148 Å². The molecule has 2 aliphatic heterocycles. The van der Waals surface area contributed by atoms with E-state index in [0.717, 1.165) is 42.5 Å². The molecular weight excluding hydrogens is 324 g/mol. The number of ether oxygens (including phenoxy) is 2. The number of hydrogen-bond donors (Lipinski definition) is 1. The zero-order chi connectivity index (χ0) is 16.8. The van der Waals surface area contributed by atoms with Crippen molar-refractivity contribution in [3.63, 3.8) is 0 Å². The van der Waals surface area contributed by atoms with Crippen molar-refractivity contribution in [3.05, 3.63) is 24.3 Å². The van der Waals surface area contributed by atoms with E-state index in [0.29, 0.717) is 25.6 Å². The monoisotopic (exact) mass is 350 g/mol. The van der Waals surface area contributed by atoms with E-state index in [1.165, 1.54) is 0 Å². The first-order valence-corrected chi connectivity index (χ1v) is 9.89. The molecule has 0 bridgehead atoms. The third-order valence-corrected chi connectivity index (χ3v) is 5.39. The van der Waals surface area contributed by atoms with Gasteiger partial charge in [0.15, 0.2) is 17.6 Å². The average Bonchev–Trinajstić information content (AvgIpc) is 2.62. The molecule has 0 spiro atoms. The molecule has 5 nitrogen and oxygen atoms in total. The van der Waals surface area contributed by atoms with Crippen LogP contribution < -0.4 is 14.8 Å². The molecule has 1 fully saturated rings. The number of rotatable bonds is 6. The molecule has 0 aliphatic carbocycles. The Morgan fingerprint density at radius 1 is 1.38 bits per heavy atom. The van der Waals surface area contributed by atoms with Crippen LogP contribution >= 0.6 is 11.8 Å². The van der Waals surface area contributed by atoms with Crippen molar-refractivity contribution in [1.82, 2.24) is 10.2 Å². The van der Waals surface area contributed by atoms with Gasteiger partial charge in [0.2, 0.25) is 5.91 Å². The number of nitrogens with one attached hydrogen (secondary N) is 1. The summed E-state index contributed by atoms with van der Waals surface area (Å²) in [5.74, 6) is 3.91. The van der Waals surface area contributed by atoms with Gasteiger partial charge in [0, 0.05) is 37.1 Å². The highest BCUT2D eigenvalue weighted by Crippen LogP contribution is 2.31. The van der Waals surface area contributed by atoms with Crippen molar-refractivity contribution >= 4 is 17.7 Å². The average molecular weight is 350 g/mol. The number of fused-ring (bicyclic) bond motifs is 1. The predicted octanol–water partition coefficient (Wildman–Crippen LogP) is 2.16. The lowest BCUT2D eigenvalue weighted by Gasteiger charge is -2.32. The van der Waals surface area contributed by atoms with Gasteiger partial charge in [-0.3, -0.25) is 4.79 Å². The van der Waals surface area contributed by atoms with Crippen molar-refractivity contribution in [2.24, 2.45) is 0 Å². The van der Waals surface area contributed by atoms with Gasteiger partial charge in [-0.2, -0.15) is 11.8 Å². The van der Waals surface area contributed by atoms with Gasteiger partial charge >= 0.3 is 0 Å². The first kappa shape index (κ1) is 17.4. The summed E-state index contributed by atoms with van der Waals surface area (Å²) < 4.78 is 11.8. The Balaban J connectivity index is 1.56. The fourth-order valence-corrected chi connectivity index (χ4v) is 4.03. The summed E-state index contributed by atoms with van der Waals surface area (Å²) in [6.07, 6.45) is 1.41. The largest absolute Gasteiger partial charge is 0.486 e. The van der Waals surface area contributed by atoms with E-state index in [1.807, 2.05) is 40.9 Å². The molecular formula is C18H26N2O3S. The van der Waals surface area contributed by atoms with Gasteiger partial charge in [-0.15, -0.1) is 0 Å². The number of amides is 1. The van der Waals surface area contributed by atoms with E-state index in [2.05, 4.69) is 12.2 Å². The first-order valence-electron chi connectivity index (χ1n) is 8.73. The molecule has 0 aromatic heterocycles. The molecule has 2 unspecified atom stereocenters. The van der Waals surface area contributed by atoms with Gasteiger partial charge in [-0.05, 0) is 18.6 Å². The van der Waals surface area contributed by atoms with Gasteiger partial charge in [-0.1, -0.05) is 19.1 Å². The van der Waals surface area contributed by atoms with Crippen molar-refractivity contribution in [3.8, 4) is 11.5 Å². The molecule has 1 aromatic carbocycles. The molecule has 24 heavy (non-hydrogen) atoms. The molecule has 1 saturated heterocycles. The Hall–Kier alpha value is -1.40. The molecule has 6 heteroatoms. The Kier molecular flexibility index (Phi) is 6.26. The molecule has 132 valence electrons. The lowest BCUT2D eigenvalue weighted by atomic mass is 10.2. The van der Waals surface area contributed by atoms with Crippen LogP contribution in [0.2, 0.25) is 0 Å². The zero-order valence-corrected chi connectivity index (χ0v) is 15.0. The summed E-state index contributed by atoms with van der Waals surface area (Å²) in [4.78, 5) is 14.6. The van der Waals surface area contributed by atoms with Gasteiger partial charge in [0.1, 0.15) is 6.61 Å². The quantitative estimate of drug-likeness (QED) is 0.852. The molecule has 0 radical (unpaired) electrons. The Bertz CT molecular complexity index is 549. The lowest BCUT2D eigenvalue weighted by Crippen LogP contribution is -2.47. The summed E-state index contributed by atoms with van der Waals surface area (Å²) >= 11 is 1.92. The minimum Gasteiger partial charge on any atom is -0.486 e. The van der Waals surface area contributed by atoms with Gasteiger partial charge in [0.05, 0.1) is 6.54 Å². The second-order valence-corrected chi connectivity index (χ2v) is 7.42. The molecule has 1 aromatic rings. The Morgan fingerprint density at radius 2 is 2.21 bits per heavy atom. The molecule has 2 heterocycles. The molecule has 1 N–H and O–H groups in total. The van der Waals surface area contributed by atoms with Gasteiger partial charge in [-0.25, -0.2) is 0 Å². The predicted molar refractivity (Wildman–Crippen MR) is 97.0 cm³/mol. The van der Waals surface area contributed by atoms with Crippen LogP contribution in [0.3, 0.4) is 0 Å². The van der Waals surface area contributed by atoms with Gasteiger partial charge in [0.25, 0.3) is 0 Å². The van der Waals surface area contributed by atoms with Crippen molar-refractivity contribution in [1.29, 1.82) is 0 Å². The third kappa shape index (κ3) is 4.57. The number of para-hydroxylation sites is 2. The molecule has 2 aliphatic rings. The van der Waals surface area contributed by atoms with Crippen molar-refractivity contribution in [2.75, 3.05) is 37.7 Å². The van der Waals surface area contributed by atoms with Crippen LogP contribution in [0.4, 0.5) is 0 Å². The minimum atomic E-state index is -0.107. The van der Waals surface area contributed by atoms with E-state index in [1.54, 1.807) is 0 Å². The summed E-state index contributed by atoms with van der Waals surface area (Å²) in [6.45, 7) is 4.93. The summed E-state index contributed by atoms with van der Waals surface area (Å²) in [5.41, 5.74) is 0. The van der Waals surface area contributed by atoms with Crippen LogP contribution in [-0.2, 0) is 4.79 Å². The Morgan fingerprint density at radius 3 is 2.96 bits per heavy atom. The van der Waals surface area contributed by atoms with Crippen molar-refractivity contribution < 1.29 is 14.3 Å². The second kappa shape index (κ2) is 8.62. The highest BCUT2D eigenvalue weighted by Gasteiger charge is 2.26. The van der Waals surface area contributed by atoms with Crippen LogP contribution in [0, 0.1) is 0 Å². The molecule has 1 amide bonds. The normalized spacial score (nSPS) is 22.9. The number of carbonyl (C=O) groups is 1. The minimum absolute atomic E-state index is 0.107. The molecule has 3 rings (SSSR count). The molecule has 0 saturated carbocycles. The highest BCUT2D eigenvalue weighted by molar-refractivity contribution is 7.99. The number of hydrogen-bond acceptors (Lipinski definition) is 5. The summed E-state index contributed by atoms with van der Waals surface area (Å²) in [6, 6.07) is 7.99. The number of carbonyl (C=O) groups excluding carboxylic acids is 1. The van der Waals surface area contributed by atoms with E-state index >= 15 is 0 Å². The number of nitrogens with zero attached hydrogens (tertiary/aromatic N) is 1. The van der Waals surface area contributed by atoms with E-state index < -0.39 is 0 Å². The van der Waals surface area contributed by atoms with Crippen LogP contribution in [-0.4, -0.2) is 60.7 Å². The summed E-state index contributed by atoms with van der Waals surface area (Å²) in [5, 5.41) is 3.44. The SMILES string of the molecule is CCCN(CC1COc2ccccc2O1)C(=O)CC1CSCCN1. The van der Waals surface area contributed by atoms with Crippen LogP contribution in [0.15, 0.2) is 24.3 Å². The van der Waals surface area contributed by atoms with E-state index in [4.69, 9.17) is 9.47 Å². The maximum Gasteiger partial charge on any atom is 0.224 e. The maximum absolute atomic E-state index is 12.7. The smallest absolute Gasteiger partial charge is 0.224 e. The molecule has 2 atom stereocenters. The lowest BCUT2D eigenvalue weighted by molar-refractivity contribution is -0.133. The van der Waals surface area contributed by atoms with E-state index in [-0.39, 0.29) is 12.0 Å². The number of benzene rings is 1. The number of thioether (sulfide) groups is 1.